The Labute approximate surface area is 860 Å². The molecule has 0 saturated carbocycles. The van der Waals surface area contributed by atoms with E-state index in [1.807, 2.05) is 0 Å². The lowest BCUT2D eigenvalue weighted by Crippen LogP contribution is -1.94. The smallest absolute Gasteiger partial charge is 0.0541 e. The average Bonchev–Trinajstić information content (AvgIpc) is 1.58. The fraction of sp³-hybridized carbons (Fsp3) is 0. The van der Waals surface area contributed by atoms with Crippen molar-refractivity contribution in [2.24, 2.45) is 0 Å². The minimum atomic E-state index is 1.14. The molecular weight excluding hydrogens is 1790 g/mol. The zero-order chi connectivity index (χ0) is 97.9. The van der Waals surface area contributed by atoms with Crippen molar-refractivity contribution >= 4 is 87.2 Å². The number of nitrogens with zero attached hydrogens (tertiary/aromatic N) is 4. The van der Waals surface area contributed by atoms with Gasteiger partial charge in [0.25, 0.3) is 0 Å². The monoisotopic (exact) mass is 1880 g/mol. The molecule has 0 aliphatic heterocycles. The van der Waals surface area contributed by atoms with Gasteiger partial charge in [0.1, 0.15) is 0 Å². The number of hydrogen-bond acceptors (Lipinski definition) is 0. The third-order valence-electron chi connectivity index (χ3n) is 29.9. The maximum Gasteiger partial charge on any atom is 0.0541 e. The van der Waals surface area contributed by atoms with Gasteiger partial charge in [0.05, 0.1) is 44.1 Å². The van der Waals surface area contributed by atoms with Gasteiger partial charge < -0.3 is 18.3 Å². The molecule has 4 nitrogen and oxygen atoms in total. The van der Waals surface area contributed by atoms with Gasteiger partial charge in [-0.2, -0.15) is 0 Å². The summed E-state index contributed by atoms with van der Waals surface area (Å²) in [7, 11) is 0. The van der Waals surface area contributed by atoms with Crippen LogP contribution in [0.3, 0.4) is 0 Å². The molecule has 0 fully saturated rings. The SMILES string of the molecule is c1ccc(-c2ccc(-c3cccc(-c4cccc(-c5ccc(-c6cccc(-n7c8ccccc8c8cc(-c9ccc%10c(c9)c9ccccc9n%10-c9ccc(-c%10ccccc%10)cc9)ccc87)c6)cc5)c4)c3)cc2)cc1.c1ccc(-c2ccc(-n3c4ccccc4c4cc(-c5ccc6c(c5)c5ccccc5n6-c5cccc(-c6ccc(-c7cccc(-c8cccc(-c9cccc(-c%10ccccc%10)c9)c8)c7)cc6)c5)ccc43)cc2)cc1. The van der Waals surface area contributed by atoms with E-state index in [0.29, 0.717) is 0 Å². The fourth-order valence-electron chi connectivity index (χ4n) is 22.5. The van der Waals surface area contributed by atoms with Crippen LogP contribution in [0.1, 0.15) is 0 Å². The van der Waals surface area contributed by atoms with Crippen molar-refractivity contribution in [2.75, 3.05) is 0 Å². The predicted molar refractivity (Wildman–Crippen MR) is 626 cm³/mol. The van der Waals surface area contributed by atoms with E-state index in [4.69, 9.17) is 0 Å². The van der Waals surface area contributed by atoms with Crippen molar-refractivity contribution in [3.05, 3.63) is 582 Å². The number of benzene rings is 24. The molecule has 4 aromatic heterocycles. The summed E-state index contributed by atoms with van der Waals surface area (Å²) in [5.74, 6) is 0. The third-order valence-corrected chi connectivity index (χ3v) is 29.9. The average molecular weight is 1880 g/mol. The molecule has 0 radical (unpaired) electrons. The summed E-state index contributed by atoms with van der Waals surface area (Å²) < 4.78 is 9.64. The summed E-state index contributed by atoms with van der Waals surface area (Å²) >= 11 is 0. The van der Waals surface area contributed by atoms with E-state index in [-0.39, 0.29) is 0 Å². The van der Waals surface area contributed by atoms with Crippen LogP contribution in [0, 0.1) is 0 Å². The lowest BCUT2D eigenvalue weighted by atomic mass is 9.94. The number of fused-ring (bicyclic) bond motifs is 12. The molecule has 0 atom stereocenters. The quantitative estimate of drug-likeness (QED) is 0.0816. The standard InChI is InChI=1S/2C72H48N2/c1-3-15-49(16-4-1)51-35-39-63(40-36-51)73-69-29-9-7-27-65(69)67-47-61(37-41-71(67)73)62-38-42-72-68(48-62)66-28-8-10-30-70(66)74(72)64-26-14-25-60(46-64)53-33-31-52(32-34-53)55-20-12-22-57(44-55)59-24-13-23-58(45-59)56-21-11-19-54(43-56)50-17-5-2-6-18-50;1-3-14-49(15-4-1)51-28-30-53(31-29-51)56-18-11-20-58(44-56)59-21-12-19-57(45-59)54-32-34-55(35-33-54)60-22-13-23-64(46-60)74-70-27-10-8-25-66(70)68-48-62(39-43-72(68)74)61-38-42-71-67(47-61)65-24-7-9-26-69(65)73(71)63-40-36-52(37-41-63)50-16-5-2-6-17-50/h2*1-48H. The Morgan fingerprint density at radius 2 is 0.216 bits per heavy atom. The Kier molecular flexibility index (Phi) is 22.3. The molecular formula is C144H96N4. The summed E-state index contributed by atoms with van der Waals surface area (Å²) in [6, 6.07) is 213. The molecule has 0 saturated heterocycles. The summed E-state index contributed by atoms with van der Waals surface area (Å²) in [5, 5.41) is 9.93. The maximum atomic E-state index is 2.42. The fourth-order valence-corrected chi connectivity index (χ4v) is 22.5. The first kappa shape index (κ1) is 87.5. The van der Waals surface area contributed by atoms with Crippen LogP contribution in [0.4, 0.5) is 0 Å². The summed E-state index contributed by atoms with van der Waals surface area (Å²) in [6.07, 6.45) is 0. The van der Waals surface area contributed by atoms with E-state index in [0.717, 1.165) is 22.7 Å². The number of hydrogen-bond donors (Lipinski definition) is 0. The van der Waals surface area contributed by atoms with Crippen molar-refractivity contribution < 1.29 is 0 Å². The van der Waals surface area contributed by atoms with E-state index in [1.165, 1.54) is 243 Å². The normalized spacial score (nSPS) is 11.5. The summed E-state index contributed by atoms with van der Waals surface area (Å²) in [4.78, 5) is 0. The molecule has 0 aliphatic rings. The van der Waals surface area contributed by atoms with Crippen LogP contribution in [0.5, 0.6) is 0 Å². The minimum Gasteiger partial charge on any atom is -0.309 e. The van der Waals surface area contributed by atoms with Crippen LogP contribution in [-0.2, 0) is 0 Å². The topological polar surface area (TPSA) is 19.7 Å². The van der Waals surface area contributed by atoms with Gasteiger partial charge in [0.15, 0.2) is 0 Å². The lowest BCUT2D eigenvalue weighted by Gasteiger charge is -2.12. The highest BCUT2D eigenvalue weighted by Crippen LogP contribution is 2.46. The lowest BCUT2D eigenvalue weighted by molar-refractivity contribution is 1.18. The molecule has 0 amide bonds. The second-order valence-corrected chi connectivity index (χ2v) is 38.6. The molecule has 0 spiro atoms. The molecule has 0 unspecified atom stereocenters. The Hall–Kier alpha value is -19.5. The van der Waals surface area contributed by atoms with Crippen molar-refractivity contribution in [3.63, 3.8) is 0 Å². The van der Waals surface area contributed by atoms with Crippen molar-refractivity contribution in [1.82, 2.24) is 18.3 Å². The Morgan fingerprint density at radius 3 is 0.453 bits per heavy atom. The Bertz CT molecular complexity index is 9900. The van der Waals surface area contributed by atoms with Crippen molar-refractivity contribution in [2.45, 2.75) is 0 Å². The molecule has 4 heteroatoms. The molecule has 148 heavy (non-hydrogen) atoms. The van der Waals surface area contributed by atoms with E-state index in [1.54, 1.807) is 0 Å². The van der Waals surface area contributed by atoms with Gasteiger partial charge in [-0.15, -0.1) is 0 Å². The van der Waals surface area contributed by atoms with Crippen LogP contribution in [0.2, 0.25) is 0 Å². The van der Waals surface area contributed by atoms with E-state index in [9.17, 15) is 0 Å². The van der Waals surface area contributed by atoms with Crippen LogP contribution in [0.15, 0.2) is 582 Å². The van der Waals surface area contributed by atoms with E-state index >= 15 is 0 Å². The van der Waals surface area contributed by atoms with Gasteiger partial charge in [-0.25, -0.2) is 0 Å². The second kappa shape index (κ2) is 37.7. The molecule has 0 N–H and O–H groups in total. The first-order chi connectivity index (χ1) is 73.3. The number of para-hydroxylation sites is 4. The molecule has 0 aliphatic carbocycles. The summed E-state index contributed by atoms with van der Waals surface area (Å²) in [6.45, 7) is 0. The van der Waals surface area contributed by atoms with Crippen LogP contribution in [0.25, 0.3) is 266 Å². The first-order valence-electron chi connectivity index (χ1n) is 50.9. The highest BCUT2D eigenvalue weighted by Gasteiger charge is 2.23. The van der Waals surface area contributed by atoms with Gasteiger partial charge in [-0.1, -0.05) is 431 Å². The van der Waals surface area contributed by atoms with Crippen molar-refractivity contribution in [3.8, 4) is 179 Å². The van der Waals surface area contributed by atoms with E-state index < -0.39 is 0 Å². The zero-order valence-electron chi connectivity index (χ0n) is 81.2. The van der Waals surface area contributed by atoms with Gasteiger partial charge in [-0.3, -0.25) is 0 Å². The van der Waals surface area contributed by atoms with Gasteiger partial charge in [0, 0.05) is 65.8 Å². The Morgan fingerprint density at radius 1 is 0.0743 bits per heavy atom. The zero-order valence-corrected chi connectivity index (χ0v) is 81.2. The molecule has 28 rings (SSSR count). The minimum absolute atomic E-state index is 1.14. The highest BCUT2D eigenvalue weighted by atomic mass is 15.0. The number of rotatable bonds is 18. The molecule has 4 heterocycles. The first-order valence-corrected chi connectivity index (χ1v) is 50.9. The largest absolute Gasteiger partial charge is 0.309 e. The van der Waals surface area contributed by atoms with Crippen LogP contribution < -0.4 is 0 Å². The Balaban J connectivity index is 0.000000146. The second-order valence-electron chi connectivity index (χ2n) is 38.6. The van der Waals surface area contributed by atoms with Crippen molar-refractivity contribution in [1.29, 1.82) is 0 Å². The van der Waals surface area contributed by atoms with Gasteiger partial charge in [-0.05, 0) is 307 Å². The molecule has 692 valence electrons. The maximum absolute atomic E-state index is 2.42. The van der Waals surface area contributed by atoms with Gasteiger partial charge >= 0.3 is 0 Å². The highest BCUT2D eigenvalue weighted by molar-refractivity contribution is 6.15. The third kappa shape index (κ3) is 16.4. The molecule has 24 aromatic carbocycles. The van der Waals surface area contributed by atoms with Crippen LogP contribution in [-0.4, -0.2) is 18.3 Å². The number of aromatic nitrogens is 4. The summed E-state index contributed by atoms with van der Waals surface area (Å²) in [5.41, 5.74) is 47.8. The van der Waals surface area contributed by atoms with E-state index in [2.05, 4.69) is 601 Å². The predicted octanol–water partition coefficient (Wildman–Crippen LogP) is 39.1. The van der Waals surface area contributed by atoms with Gasteiger partial charge in [0.2, 0.25) is 0 Å². The molecule has 28 aromatic rings. The molecule has 0 bridgehead atoms. The van der Waals surface area contributed by atoms with Crippen LogP contribution >= 0.6 is 0 Å².